The van der Waals surface area contributed by atoms with Gasteiger partial charge in [0.1, 0.15) is 18.3 Å². The average molecular weight is 558 g/mol. The molecular formula is C22H22Cl2FN5O5S. The first-order valence-corrected chi connectivity index (χ1v) is 12.9. The molecule has 0 radical (unpaired) electrons. The fourth-order valence-corrected chi connectivity index (χ4v) is 4.73. The molecule has 1 aliphatic rings. The van der Waals surface area contributed by atoms with Crippen molar-refractivity contribution in [1.29, 1.82) is 0 Å². The molecule has 1 aliphatic carbocycles. The molecule has 0 unspecified atom stereocenters. The van der Waals surface area contributed by atoms with Crippen LogP contribution in [-0.4, -0.2) is 58.8 Å². The molecule has 10 nitrogen and oxygen atoms in total. The summed E-state index contributed by atoms with van der Waals surface area (Å²) in [5, 5.41) is 18.7. The first-order valence-electron chi connectivity index (χ1n) is 10.7. The summed E-state index contributed by atoms with van der Waals surface area (Å²) in [5.41, 5.74) is 1.35. The van der Waals surface area contributed by atoms with Gasteiger partial charge < -0.3 is 15.0 Å². The summed E-state index contributed by atoms with van der Waals surface area (Å²) in [6.07, 6.45) is 2.68. The first-order chi connectivity index (χ1) is 17.0. The lowest BCUT2D eigenvalue weighted by atomic mass is 10.1. The lowest BCUT2D eigenvalue weighted by molar-refractivity contribution is 0.0501. The van der Waals surface area contributed by atoms with Gasteiger partial charge in [0, 0.05) is 36.6 Å². The number of aliphatic hydroxyl groups excluding tert-OH is 1. The van der Waals surface area contributed by atoms with Gasteiger partial charge in [-0.1, -0.05) is 29.3 Å². The van der Waals surface area contributed by atoms with Crippen LogP contribution in [0.1, 0.15) is 27.9 Å². The van der Waals surface area contributed by atoms with Gasteiger partial charge in [0.2, 0.25) is 0 Å². The summed E-state index contributed by atoms with van der Waals surface area (Å²) in [5.74, 6) is -1.14. The van der Waals surface area contributed by atoms with Crippen LogP contribution in [0, 0.1) is 5.92 Å². The van der Waals surface area contributed by atoms with Gasteiger partial charge in [-0.3, -0.25) is 8.98 Å². The van der Waals surface area contributed by atoms with Crippen LogP contribution in [0.25, 0.3) is 0 Å². The second-order valence-electron chi connectivity index (χ2n) is 8.39. The first kappa shape index (κ1) is 26.5. The lowest BCUT2D eigenvalue weighted by Crippen LogP contribution is -2.33. The summed E-state index contributed by atoms with van der Waals surface area (Å²) < 4.78 is 43.1. The molecule has 192 valence electrons. The minimum atomic E-state index is -4.23. The maximum Gasteiger partial charge on any atom is 0.333 e. The fraction of sp³-hybridized carbons (Fsp3) is 0.318. The molecule has 4 rings (SSSR count). The molecule has 4 N–H and O–H groups in total. The van der Waals surface area contributed by atoms with Crippen molar-refractivity contribution < 1.29 is 26.9 Å². The monoisotopic (exact) mass is 557 g/mol. The van der Waals surface area contributed by atoms with Gasteiger partial charge in [-0.25, -0.2) is 19.5 Å². The number of rotatable bonds is 9. The van der Waals surface area contributed by atoms with Crippen LogP contribution in [0.4, 0.5) is 10.2 Å². The smallest absolute Gasteiger partial charge is 0.333 e. The Kier molecular flexibility index (Phi) is 7.93. The number of aliphatic hydroxyl groups is 1. The molecule has 0 spiro atoms. The third-order valence-corrected chi connectivity index (χ3v) is 7.04. The van der Waals surface area contributed by atoms with E-state index in [1.54, 1.807) is 35.2 Å². The highest BCUT2D eigenvalue weighted by Gasteiger charge is 2.44. The van der Waals surface area contributed by atoms with E-state index in [1.165, 1.54) is 12.5 Å². The minimum Gasteiger partial charge on any atom is -0.390 e. The Morgan fingerprint density at radius 1 is 1.31 bits per heavy atom. The third-order valence-electron chi connectivity index (χ3n) is 5.84. The van der Waals surface area contributed by atoms with Crippen molar-refractivity contribution in [1.82, 2.24) is 14.5 Å². The van der Waals surface area contributed by atoms with Gasteiger partial charge in [-0.05, 0) is 30.2 Å². The Balaban J connectivity index is 1.47. The maximum atomic E-state index is 14.8. The Morgan fingerprint density at radius 2 is 2.08 bits per heavy atom. The zero-order chi connectivity index (χ0) is 26.0. The van der Waals surface area contributed by atoms with Crippen molar-refractivity contribution in [2.24, 2.45) is 11.1 Å². The van der Waals surface area contributed by atoms with Crippen LogP contribution >= 0.6 is 23.2 Å². The van der Waals surface area contributed by atoms with Crippen LogP contribution in [0.5, 0.6) is 0 Å². The van der Waals surface area contributed by atoms with E-state index in [9.17, 15) is 22.7 Å². The molecule has 2 heterocycles. The number of halogens is 3. The minimum absolute atomic E-state index is 0.0233. The molecule has 0 saturated heterocycles. The standard InChI is InChI=1S/C22H22Cl2FN5O5S/c23-16-2-1-12(5-17(16)24)8-30-4-3-13(9-30)20(31)15-7-27-11-28-22(15)29-18-6-14(21(32)19(18)25)10-35-36(26,33)34/h1-5,7,9,11,14,18-19,21,32H,6,8,10H2,(H2,26,33,34)(H,27,28,29)/t14-,18-,19-,21-/m1/s1. The number of nitrogens with two attached hydrogens (primary N) is 1. The third kappa shape index (κ3) is 6.20. The summed E-state index contributed by atoms with van der Waals surface area (Å²) in [4.78, 5) is 21.2. The highest BCUT2D eigenvalue weighted by molar-refractivity contribution is 7.84. The summed E-state index contributed by atoms with van der Waals surface area (Å²) in [6, 6.07) is 5.94. The van der Waals surface area contributed by atoms with Crippen LogP contribution in [0.2, 0.25) is 10.0 Å². The number of hydrogen-bond donors (Lipinski definition) is 3. The molecule has 1 fully saturated rings. The Hall–Kier alpha value is -2.61. The summed E-state index contributed by atoms with van der Waals surface area (Å²) >= 11 is 12.0. The topological polar surface area (TPSA) is 149 Å². The quantitative estimate of drug-likeness (QED) is 0.340. The highest BCUT2D eigenvalue weighted by atomic mass is 35.5. The van der Waals surface area contributed by atoms with E-state index in [0.717, 1.165) is 5.56 Å². The predicted octanol–water partition coefficient (Wildman–Crippen LogP) is 2.58. The number of benzene rings is 1. The SMILES string of the molecule is NS(=O)(=O)OC[C@H]1C[C@@H](Nc2ncncc2C(=O)c2ccn(Cc3ccc(Cl)c(Cl)c3)c2)[C@@H](F)[C@@H]1O. The van der Waals surface area contributed by atoms with E-state index in [0.29, 0.717) is 22.2 Å². The molecule has 1 aromatic carbocycles. The molecule has 1 saturated carbocycles. The second kappa shape index (κ2) is 10.8. The maximum absolute atomic E-state index is 14.8. The van der Waals surface area contributed by atoms with Gasteiger partial charge in [-0.2, -0.15) is 8.42 Å². The van der Waals surface area contributed by atoms with Crippen LogP contribution in [0.15, 0.2) is 49.2 Å². The Labute approximate surface area is 216 Å². The fourth-order valence-electron chi connectivity index (χ4n) is 4.05. The largest absolute Gasteiger partial charge is 0.390 e. The van der Waals surface area contributed by atoms with E-state index in [2.05, 4.69) is 19.5 Å². The summed E-state index contributed by atoms with van der Waals surface area (Å²) in [6.45, 7) is -0.0213. The molecule has 36 heavy (non-hydrogen) atoms. The van der Waals surface area contributed by atoms with E-state index < -0.39 is 46.9 Å². The van der Waals surface area contributed by atoms with Crippen molar-refractivity contribution in [2.75, 3.05) is 11.9 Å². The van der Waals surface area contributed by atoms with Crippen LogP contribution in [0.3, 0.4) is 0 Å². The number of nitrogens with zero attached hydrogens (tertiary/aromatic N) is 3. The van der Waals surface area contributed by atoms with Gasteiger partial charge in [-0.15, -0.1) is 0 Å². The number of alkyl halides is 1. The number of aromatic nitrogens is 3. The molecule has 0 amide bonds. The molecule has 0 bridgehead atoms. The summed E-state index contributed by atoms with van der Waals surface area (Å²) in [7, 11) is -4.23. The van der Waals surface area contributed by atoms with Gasteiger partial charge in [0.05, 0.1) is 34.4 Å². The van der Waals surface area contributed by atoms with Crippen LogP contribution < -0.4 is 10.5 Å². The van der Waals surface area contributed by atoms with Crippen molar-refractivity contribution >= 4 is 45.1 Å². The number of ketones is 1. The van der Waals surface area contributed by atoms with Crippen molar-refractivity contribution in [2.45, 2.75) is 31.3 Å². The van der Waals surface area contributed by atoms with E-state index >= 15 is 0 Å². The zero-order valence-corrected chi connectivity index (χ0v) is 20.9. The van der Waals surface area contributed by atoms with Gasteiger partial charge >= 0.3 is 10.3 Å². The number of carbonyl (C=O) groups is 1. The van der Waals surface area contributed by atoms with Crippen molar-refractivity contribution in [3.8, 4) is 0 Å². The van der Waals surface area contributed by atoms with Gasteiger partial charge in [0.15, 0.2) is 5.78 Å². The number of carbonyl (C=O) groups excluding carboxylic acids is 1. The van der Waals surface area contributed by atoms with E-state index in [1.807, 2.05) is 6.07 Å². The van der Waals surface area contributed by atoms with Gasteiger partial charge in [0.25, 0.3) is 0 Å². The van der Waals surface area contributed by atoms with E-state index in [-0.39, 0.29) is 17.8 Å². The number of anilines is 1. The van der Waals surface area contributed by atoms with E-state index in [4.69, 9.17) is 28.3 Å². The second-order valence-corrected chi connectivity index (χ2v) is 10.4. The Bertz CT molecular complexity index is 1370. The van der Waals surface area contributed by atoms with Crippen molar-refractivity contribution in [3.63, 3.8) is 0 Å². The molecule has 3 aromatic rings. The molecule has 4 atom stereocenters. The molecular weight excluding hydrogens is 536 g/mol. The molecule has 14 heteroatoms. The predicted molar refractivity (Wildman–Crippen MR) is 131 cm³/mol. The van der Waals surface area contributed by atoms with Crippen molar-refractivity contribution in [3.05, 3.63) is 75.9 Å². The number of hydrogen-bond acceptors (Lipinski definition) is 8. The Morgan fingerprint density at radius 3 is 2.81 bits per heavy atom. The highest BCUT2D eigenvalue weighted by Crippen LogP contribution is 2.32. The average Bonchev–Trinajstić information content (AvgIpc) is 3.40. The number of nitrogens with one attached hydrogen (secondary N) is 1. The van der Waals surface area contributed by atoms with Crippen LogP contribution in [-0.2, 0) is 21.0 Å². The lowest BCUT2D eigenvalue weighted by Gasteiger charge is -2.18. The zero-order valence-electron chi connectivity index (χ0n) is 18.6. The molecule has 0 aliphatic heterocycles. The molecule has 2 aromatic heterocycles. The normalized spacial score (nSPS) is 22.0.